The first-order valence-electron chi connectivity index (χ1n) is 5.91. The minimum absolute atomic E-state index is 0.229. The van der Waals surface area contributed by atoms with Crippen molar-refractivity contribution in [2.75, 3.05) is 11.9 Å². The third kappa shape index (κ3) is 3.64. The Balaban J connectivity index is 2.09. The number of hydrogen-bond acceptors (Lipinski definition) is 3. The smallest absolute Gasteiger partial charge is 0.274 e. The van der Waals surface area contributed by atoms with Crippen molar-refractivity contribution < 1.29 is 9.18 Å². The monoisotopic (exact) mass is 269 g/mol. The van der Waals surface area contributed by atoms with Crippen LogP contribution >= 0.6 is 0 Å². The molecule has 0 bridgehead atoms. The van der Waals surface area contributed by atoms with Crippen molar-refractivity contribution in [1.82, 2.24) is 4.98 Å². The molecular formula is C15H12FN3O. The number of anilines is 1. The number of amides is 1. The summed E-state index contributed by atoms with van der Waals surface area (Å²) in [6.45, 7) is 0.266. The summed E-state index contributed by atoms with van der Waals surface area (Å²) in [6.07, 6.45) is 1.49. The summed E-state index contributed by atoms with van der Waals surface area (Å²) in [6, 6.07) is 8.88. The molecule has 0 aliphatic heterocycles. The second kappa shape index (κ2) is 6.45. The Hall–Kier alpha value is -2.71. The van der Waals surface area contributed by atoms with Crippen LogP contribution in [0, 0.1) is 17.7 Å². The van der Waals surface area contributed by atoms with Crippen LogP contribution in [0.3, 0.4) is 0 Å². The Morgan fingerprint density at radius 3 is 2.85 bits per heavy atom. The zero-order valence-corrected chi connectivity index (χ0v) is 10.6. The predicted molar refractivity (Wildman–Crippen MR) is 74.5 cm³/mol. The van der Waals surface area contributed by atoms with E-state index in [1.807, 2.05) is 0 Å². The number of nitrogens with one attached hydrogen (secondary N) is 1. The first kappa shape index (κ1) is 13.7. The highest BCUT2D eigenvalue weighted by Crippen LogP contribution is 2.10. The lowest BCUT2D eigenvalue weighted by molar-refractivity contribution is 0.102. The quantitative estimate of drug-likeness (QED) is 0.817. The van der Waals surface area contributed by atoms with Gasteiger partial charge in [-0.1, -0.05) is 17.9 Å². The highest BCUT2D eigenvalue weighted by molar-refractivity contribution is 6.02. The fraction of sp³-hybridized carbons (Fsp3) is 0.0667. The average Bonchev–Trinajstić information content (AvgIpc) is 2.45. The summed E-state index contributed by atoms with van der Waals surface area (Å²) in [7, 11) is 0. The molecule has 1 aromatic heterocycles. The molecule has 0 saturated heterocycles. The Labute approximate surface area is 115 Å². The van der Waals surface area contributed by atoms with Crippen molar-refractivity contribution in [2.24, 2.45) is 5.73 Å². The van der Waals surface area contributed by atoms with Crippen molar-refractivity contribution >= 4 is 11.6 Å². The van der Waals surface area contributed by atoms with E-state index in [9.17, 15) is 9.18 Å². The number of benzene rings is 1. The van der Waals surface area contributed by atoms with Crippen molar-refractivity contribution in [3.63, 3.8) is 0 Å². The van der Waals surface area contributed by atoms with Gasteiger partial charge in [0.05, 0.1) is 6.54 Å². The summed E-state index contributed by atoms with van der Waals surface area (Å²) in [4.78, 5) is 15.9. The van der Waals surface area contributed by atoms with Crippen LogP contribution in [0.5, 0.6) is 0 Å². The lowest BCUT2D eigenvalue weighted by Gasteiger charge is -2.04. The van der Waals surface area contributed by atoms with Crippen LogP contribution in [0.25, 0.3) is 0 Å². The molecule has 20 heavy (non-hydrogen) atoms. The van der Waals surface area contributed by atoms with Gasteiger partial charge in [0.1, 0.15) is 11.5 Å². The SMILES string of the molecule is NCC#Cc1ccc(C(=O)Nc2cccc(F)c2)nc1. The molecular weight excluding hydrogens is 257 g/mol. The van der Waals surface area contributed by atoms with Crippen LogP contribution in [0.4, 0.5) is 10.1 Å². The number of nitrogens with zero attached hydrogens (tertiary/aromatic N) is 1. The van der Waals surface area contributed by atoms with E-state index >= 15 is 0 Å². The number of nitrogens with two attached hydrogens (primary N) is 1. The number of pyridine rings is 1. The molecule has 5 heteroatoms. The number of aromatic nitrogens is 1. The van der Waals surface area contributed by atoms with Crippen molar-refractivity contribution in [3.05, 3.63) is 59.7 Å². The third-order valence-corrected chi connectivity index (χ3v) is 2.41. The van der Waals surface area contributed by atoms with Gasteiger partial charge in [-0.15, -0.1) is 0 Å². The van der Waals surface area contributed by atoms with Gasteiger partial charge in [-0.3, -0.25) is 4.79 Å². The number of hydrogen-bond donors (Lipinski definition) is 2. The summed E-state index contributed by atoms with van der Waals surface area (Å²) in [5.41, 5.74) is 6.55. The number of carbonyl (C=O) groups excluding carboxylic acids is 1. The molecule has 0 saturated carbocycles. The first-order chi connectivity index (χ1) is 9.69. The van der Waals surface area contributed by atoms with Crippen LogP contribution in [0.1, 0.15) is 16.1 Å². The third-order valence-electron chi connectivity index (χ3n) is 2.41. The Bertz CT molecular complexity index is 672. The Morgan fingerprint density at radius 2 is 2.20 bits per heavy atom. The van der Waals surface area contributed by atoms with Crippen LogP contribution in [-0.2, 0) is 0 Å². The van der Waals surface area contributed by atoms with E-state index in [0.717, 1.165) is 0 Å². The van der Waals surface area contributed by atoms with E-state index in [0.29, 0.717) is 11.3 Å². The van der Waals surface area contributed by atoms with Gasteiger partial charge in [-0.05, 0) is 30.3 Å². The fourth-order valence-corrected chi connectivity index (χ4v) is 1.52. The van der Waals surface area contributed by atoms with Crippen LogP contribution in [-0.4, -0.2) is 17.4 Å². The molecule has 0 atom stereocenters. The molecule has 100 valence electrons. The van der Waals surface area contributed by atoms with E-state index in [-0.39, 0.29) is 12.2 Å². The van der Waals surface area contributed by atoms with Crippen molar-refractivity contribution in [2.45, 2.75) is 0 Å². The fourth-order valence-electron chi connectivity index (χ4n) is 1.52. The summed E-state index contributed by atoms with van der Waals surface area (Å²) >= 11 is 0. The molecule has 1 amide bonds. The van der Waals surface area contributed by atoms with Gasteiger partial charge in [0.2, 0.25) is 0 Å². The van der Waals surface area contributed by atoms with Gasteiger partial charge in [-0.2, -0.15) is 0 Å². The molecule has 0 aliphatic carbocycles. The molecule has 4 nitrogen and oxygen atoms in total. The zero-order valence-electron chi connectivity index (χ0n) is 10.6. The molecule has 3 N–H and O–H groups in total. The van der Waals surface area contributed by atoms with Gasteiger partial charge in [0.15, 0.2) is 0 Å². The van der Waals surface area contributed by atoms with Crippen LogP contribution < -0.4 is 11.1 Å². The minimum atomic E-state index is -0.414. The van der Waals surface area contributed by atoms with Crippen molar-refractivity contribution in [3.8, 4) is 11.8 Å². The van der Waals surface area contributed by atoms with Gasteiger partial charge in [0, 0.05) is 17.4 Å². The molecule has 0 aliphatic rings. The number of carbonyl (C=O) groups is 1. The molecule has 0 spiro atoms. The standard InChI is InChI=1S/C15H12FN3O/c16-12-4-1-5-13(9-12)19-15(20)14-7-6-11(10-18-14)3-2-8-17/h1,4-7,9-10H,8,17H2,(H,19,20). The summed E-state index contributed by atoms with van der Waals surface area (Å²) in [5.74, 6) is 4.68. The maximum absolute atomic E-state index is 13.0. The van der Waals surface area contributed by atoms with Gasteiger partial charge < -0.3 is 11.1 Å². The van der Waals surface area contributed by atoms with Crippen LogP contribution in [0.2, 0.25) is 0 Å². The number of halogens is 1. The van der Waals surface area contributed by atoms with Crippen molar-refractivity contribution in [1.29, 1.82) is 0 Å². The van der Waals surface area contributed by atoms with E-state index in [4.69, 9.17) is 5.73 Å². The largest absolute Gasteiger partial charge is 0.321 e. The molecule has 1 aromatic carbocycles. The van der Waals surface area contributed by atoms with E-state index in [1.54, 1.807) is 18.2 Å². The second-order valence-electron chi connectivity index (χ2n) is 3.90. The number of rotatable bonds is 2. The van der Waals surface area contributed by atoms with E-state index in [2.05, 4.69) is 22.1 Å². The maximum atomic E-state index is 13.0. The van der Waals surface area contributed by atoms with Gasteiger partial charge >= 0.3 is 0 Å². The predicted octanol–water partition coefficient (Wildman–Crippen LogP) is 1.78. The summed E-state index contributed by atoms with van der Waals surface area (Å²) < 4.78 is 13.0. The molecule has 0 radical (unpaired) electrons. The molecule has 1 heterocycles. The normalized spacial score (nSPS) is 9.50. The van der Waals surface area contributed by atoms with E-state index in [1.165, 1.54) is 24.4 Å². The minimum Gasteiger partial charge on any atom is -0.321 e. The van der Waals surface area contributed by atoms with Gasteiger partial charge in [0.25, 0.3) is 5.91 Å². The zero-order chi connectivity index (χ0) is 14.4. The first-order valence-corrected chi connectivity index (χ1v) is 5.91. The molecule has 0 unspecified atom stereocenters. The van der Waals surface area contributed by atoms with Crippen LogP contribution in [0.15, 0.2) is 42.6 Å². The maximum Gasteiger partial charge on any atom is 0.274 e. The van der Waals surface area contributed by atoms with E-state index < -0.39 is 11.7 Å². The Morgan fingerprint density at radius 1 is 1.35 bits per heavy atom. The highest BCUT2D eigenvalue weighted by atomic mass is 19.1. The lowest BCUT2D eigenvalue weighted by Crippen LogP contribution is -2.13. The van der Waals surface area contributed by atoms with Gasteiger partial charge in [-0.25, -0.2) is 9.37 Å². The lowest BCUT2D eigenvalue weighted by atomic mass is 10.2. The molecule has 2 rings (SSSR count). The average molecular weight is 269 g/mol. The second-order valence-corrected chi connectivity index (χ2v) is 3.90. The Kier molecular flexibility index (Phi) is 4.43. The molecule has 2 aromatic rings. The molecule has 0 fully saturated rings. The topological polar surface area (TPSA) is 68.0 Å². The summed E-state index contributed by atoms with van der Waals surface area (Å²) in [5, 5.41) is 2.56. The highest BCUT2D eigenvalue weighted by Gasteiger charge is 2.07.